The number of nitrogens with zero attached hydrogens (tertiary/aromatic N) is 1. The van der Waals surface area contributed by atoms with Crippen LogP contribution in [0.25, 0.3) is 0 Å². The maximum atomic E-state index is 11.9. The van der Waals surface area contributed by atoms with Crippen LogP contribution in [0.1, 0.15) is 18.1 Å². The fraction of sp³-hybridized carbons (Fsp3) is 0.467. The second-order valence-corrected chi connectivity index (χ2v) is 5.39. The van der Waals surface area contributed by atoms with E-state index in [0.29, 0.717) is 6.54 Å². The summed E-state index contributed by atoms with van der Waals surface area (Å²) in [4.78, 5) is 24.6. The van der Waals surface area contributed by atoms with Gasteiger partial charge in [0.05, 0.1) is 6.54 Å². The molecule has 1 saturated heterocycles. The summed E-state index contributed by atoms with van der Waals surface area (Å²) in [5, 5.41) is 5.98. The van der Waals surface area contributed by atoms with E-state index >= 15 is 0 Å². The number of benzene rings is 1. The largest absolute Gasteiger partial charge is 0.423 e. The molecule has 6 nitrogen and oxygen atoms in total. The maximum absolute atomic E-state index is 11.9. The van der Waals surface area contributed by atoms with Crippen molar-refractivity contribution < 1.29 is 14.3 Å². The van der Waals surface area contributed by atoms with Crippen LogP contribution in [-0.4, -0.2) is 37.9 Å². The van der Waals surface area contributed by atoms with Gasteiger partial charge >= 0.3 is 6.09 Å². The van der Waals surface area contributed by atoms with Gasteiger partial charge in [0.25, 0.3) is 0 Å². The molecule has 0 saturated carbocycles. The average Bonchev–Trinajstić information content (AvgIpc) is 2.67. The number of ether oxygens (including phenoxy) is 1. The Hall–Kier alpha value is -2.08. The number of hydrogen-bond donors (Lipinski definition) is 2. The summed E-state index contributed by atoms with van der Waals surface area (Å²) in [6.07, 6.45) is 0.978. The third-order valence-corrected chi connectivity index (χ3v) is 3.82. The van der Waals surface area contributed by atoms with E-state index in [2.05, 4.69) is 22.8 Å². The summed E-state index contributed by atoms with van der Waals surface area (Å²) in [6.45, 7) is 3.69. The van der Waals surface area contributed by atoms with Crippen molar-refractivity contribution in [1.82, 2.24) is 10.6 Å². The SMILES string of the molecule is CC(=O)N[C@@H]1CN(c2ccc3c(c2)CCNCC3)C(=O)O1. The summed E-state index contributed by atoms with van der Waals surface area (Å²) >= 11 is 0. The summed E-state index contributed by atoms with van der Waals surface area (Å²) < 4.78 is 5.15. The molecule has 0 spiro atoms. The lowest BCUT2D eigenvalue weighted by Crippen LogP contribution is -2.36. The van der Waals surface area contributed by atoms with Gasteiger partial charge in [-0.15, -0.1) is 0 Å². The number of nitrogens with one attached hydrogen (secondary N) is 2. The van der Waals surface area contributed by atoms with Crippen LogP contribution in [0.3, 0.4) is 0 Å². The van der Waals surface area contributed by atoms with Crippen molar-refractivity contribution in [3.05, 3.63) is 29.3 Å². The first-order valence-corrected chi connectivity index (χ1v) is 7.21. The predicted molar refractivity (Wildman–Crippen MR) is 78.2 cm³/mol. The molecule has 2 aliphatic rings. The maximum Gasteiger partial charge on any atom is 0.416 e. The Morgan fingerprint density at radius 2 is 2.10 bits per heavy atom. The second kappa shape index (κ2) is 5.73. The summed E-state index contributed by atoms with van der Waals surface area (Å²) in [5.74, 6) is -0.206. The molecule has 2 amide bonds. The Kier molecular flexibility index (Phi) is 3.79. The van der Waals surface area contributed by atoms with Gasteiger partial charge in [0.2, 0.25) is 5.91 Å². The van der Waals surface area contributed by atoms with Crippen LogP contribution in [0, 0.1) is 0 Å². The Morgan fingerprint density at radius 1 is 1.33 bits per heavy atom. The zero-order valence-corrected chi connectivity index (χ0v) is 12.0. The van der Waals surface area contributed by atoms with Crippen molar-refractivity contribution in [3.63, 3.8) is 0 Å². The van der Waals surface area contributed by atoms with Crippen LogP contribution >= 0.6 is 0 Å². The number of anilines is 1. The van der Waals surface area contributed by atoms with E-state index < -0.39 is 12.3 Å². The Morgan fingerprint density at radius 3 is 2.86 bits per heavy atom. The van der Waals surface area contributed by atoms with Crippen LogP contribution < -0.4 is 15.5 Å². The summed E-state index contributed by atoms with van der Waals surface area (Å²) in [6, 6.07) is 6.08. The van der Waals surface area contributed by atoms with E-state index in [-0.39, 0.29) is 5.91 Å². The van der Waals surface area contributed by atoms with Crippen LogP contribution in [-0.2, 0) is 22.4 Å². The molecule has 1 aromatic rings. The predicted octanol–water partition coefficient (Wildman–Crippen LogP) is 0.794. The van der Waals surface area contributed by atoms with Crippen LogP contribution in [0.4, 0.5) is 10.5 Å². The van der Waals surface area contributed by atoms with Gasteiger partial charge in [-0.3, -0.25) is 9.69 Å². The lowest BCUT2D eigenvalue weighted by atomic mass is 10.0. The first-order valence-electron chi connectivity index (χ1n) is 7.21. The van der Waals surface area contributed by atoms with Gasteiger partial charge in [-0.25, -0.2) is 4.79 Å². The standard InChI is InChI=1S/C15H19N3O3/c1-10(19)17-14-9-18(15(20)21-14)13-3-2-11-4-6-16-7-5-12(11)8-13/h2-3,8,14,16H,4-7,9H2,1H3,(H,17,19)/t14-/m0/s1. The first-order chi connectivity index (χ1) is 10.1. The second-order valence-electron chi connectivity index (χ2n) is 5.39. The van der Waals surface area contributed by atoms with Crippen molar-refractivity contribution in [2.45, 2.75) is 26.0 Å². The van der Waals surface area contributed by atoms with Gasteiger partial charge in [0, 0.05) is 12.6 Å². The van der Waals surface area contributed by atoms with E-state index in [0.717, 1.165) is 31.6 Å². The molecule has 6 heteroatoms. The molecule has 1 fully saturated rings. The van der Waals surface area contributed by atoms with Crippen molar-refractivity contribution >= 4 is 17.7 Å². The molecule has 0 aliphatic carbocycles. The minimum atomic E-state index is -0.574. The Balaban J connectivity index is 1.79. The Bertz CT molecular complexity index is 573. The lowest BCUT2D eigenvalue weighted by molar-refractivity contribution is -0.121. The van der Waals surface area contributed by atoms with Gasteiger partial charge in [-0.1, -0.05) is 6.07 Å². The number of carbonyl (C=O) groups is 2. The fourth-order valence-electron chi connectivity index (χ4n) is 2.80. The number of rotatable bonds is 2. The molecule has 21 heavy (non-hydrogen) atoms. The molecular formula is C15H19N3O3. The topological polar surface area (TPSA) is 70.7 Å². The number of amides is 2. The number of hydrogen-bond acceptors (Lipinski definition) is 4. The van der Waals surface area contributed by atoms with Crippen LogP contribution in [0.15, 0.2) is 18.2 Å². The van der Waals surface area contributed by atoms with E-state index in [1.54, 1.807) is 4.90 Å². The molecule has 3 rings (SSSR count). The molecule has 0 aromatic heterocycles. The molecule has 1 atom stereocenters. The molecule has 2 N–H and O–H groups in total. The molecule has 0 unspecified atom stereocenters. The molecule has 112 valence electrons. The molecule has 2 aliphatic heterocycles. The molecular weight excluding hydrogens is 270 g/mol. The third kappa shape index (κ3) is 3.00. The van der Waals surface area contributed by atoms with Gasteiger partial charge in [0.15, 0.2) is 6.23 Å². The highest BCUT2D eigenvalue weighted by Crippen LogP contribution is 2.25. The summed E-state index contributed by atoms with van der Waals surface area (Å²) in [5.41, 5.74) is 3.43. The van der Waals surface area contributed by atoms with Crippen molar-refractivity contribution in [2.75, 3.05) is 24.5 Å². The smallest absolute Gasteiger partial charge is 0.416 e. The fourth-order valence-corrected chi connectivity index (χ4v) is 2.80. The molecule has 2 heterocycles. The zero-order chi connectivity index (χ0) is 14.8. The van der Waals surface area contributed by atoms with Gasteiger partial charge in [-0.2, -0.15) is 0 Å². The van der Waals surface area contributed by atoms with E-state index in [9.17, 15) is 9.59 Å². The van der Waals surface area contributed by atoms with Gasteiger partial charge in [-0.05, 0) is 49.2 Å². The highest BCUT2D eigenvalue weighted by molar-refractivity contribution is 5.90. The van der Waals surface area contributed by atoms with Crippen LogP contribution in [0.2, 0.25) is 0 Å². The first kappa shape index (κ1) is 13.9. The Labute approximate surface area is 123 Å². The average molecular weight is 289 g/mol. The quantitative estimate of drug-likeness (QED) is 0.844. The normalized spacial score (nSPS) is 21.5. The van der Waals surface area contributed by atoms with Gasteiger partial charge < -0.3 is 15.4 Å². The van der Waals surface area contributed by atoms with E-state index in [1.807, 2.05) is 6.07 Å². The highest BCUT2D eigenvalue weighted by Gasteiger charge is 2.33. The number of fused-ring (bicyclic) bond motifs is 1. The molecule has 0 bridgehead atoms. The zero-order valence-electron chi connectivity index (χ0n) is 12.0. The van der Waals surface area contributed by atoms with Crippen molar-refractivity contribution in [1.29, 1.82) is 0 Å². The van der Waals surface area contributed by atoms with Gasteiger partial charge in [0.1, 0.15) is 0 Å². The monoisotopic (exact) mass is 289 g/mol. The highest BCUT2D eigenvalue weighted by atomic mass is 16.6. The van der Waals surface area contributed by atoms with Crippen molar-refractivity contribution in [2.24, 2.45) is 0 Å². The van der Waals surface area contributed by atoms with E-state index in [4.69, 9.17) is 4.74 Å². The summed E-state index contributed by atoms with van der Waals surface area (Å²) in [7, 11) is 0. The molecule has 1 aromatic carbocycles. The van der Waals surface area contributed by atoms with Crippen LogP contribution in [0.5, 0.6) is 0 Å². The minimum absolute atomic E-state index is 0.206. The number of carbonyl (C=O) groups excluding carboxylic acids is 2. The third-order valence-electron chi connectivity index (χ3n) is 3.82. The van der Waals surface area contributed by atoms with Crippen molar-refractivity contribution in [3.8, 4) is 0 Å². The number of cyclic esters (lactones) is 1. The lowest BCUT2D eigenvalue weighted by Gasteiger charge is -2.15. The van der Waals surface area contributed by atoms with E-state index in [1.165, 1.54) is 18.1 Å². The minimum Gasteiger partial charge on any atom is -0.423 e. The molecule has 0 radical (unpaired) electrons.